The molecule has 1 aliphatic heterocycles. The average molecular weight is 536 g/mol. The summed E-state index contributed by atoms with van der Waals surface area (Å²) in [5.41, 5.74) is 0.929. The van der Waals surface area contributed by atoms with Crippen molar-refractivity contribution in [3.63, 3.8) is 0 Å². The van der Waals surface area contributed by atoms with E-state index in [9.17, 15) is 22.8 Å². The first-order chi connectivity index (χ1) is 18.3. The van der Waals surface area contributed by atoms with Gasteiger partial charge in [-0.25, -0.2) is 13.8 Å². The van der Waals surface area contributed by atoms with Gasteiger partial charge >= 0.3 is 0 Å². The van der Waals surface area contributed by atoms with Crippen LogP contribution in [0.15, 0.2) is 30.5 Å². The standard InChI is InChI=1S/C25H33F2N7O2.CH3F/c1-16(35)29-20-5-3-4-6-21(20)31-23-19(22(26)27)15-28-25(32-23)30-18-9-7-17(8-10-18)24(36)34-13-11-33(2)12-14-34;1-2/h7-10,15,20-22H,3-6,11-14H2,1-2H3,(H,29,35)(H2,28,30,31,32);1H3. The first-order valence-electron chi connectivity index (χ1n) is 12.7. The number of hydrogen-bond acceptors (Lipinski definition) is 7. The molecular formula is C26H36F3N7O2. The Hall–Kier alpha value is -3.41. The number of benzene rings is 1. The summed E-state index contributed by atoms with van der Waals surface area (Å²) in [6, 6.07) is 6.59. The van der Waals surface area contributed by atoms with Crippen LogP contribution in [-0.2, 0) is 4.79 Å². The molecule has 3 N–H and O–H groups in total. The van der Waals surface area contributed by atoms with Gasteiger partial charge in [-0.2, -0.15) is 4.98 Å². The van der Waals surface area contributed by atoms with Crippen molar-refractivity contribution >= 4 is 29.3 Å². The summed E-state index contributed by atoms with van der Waals surface area (Å²) >= 11 is 0. The van der Waals surface area contributed by atoms with E-state index in [0.29, 0.717) is 31.5 Å². The zero-order chi connectivity index (χ0) is 27.7. The number of rotatable bonds is 7. The second-order valence-corrected chi connectivity index (χ2v) is 9.44. The largest absolute Gasteiger partial charge is 0.365 e. The fourth-order valence-corrected chi connectivity index (χ4v) is 4.66. The summed E-state index contributed by atoms with van der Waals surface area (Å²) < 4.78 is 36.9. The van der Waals surface area contributed by atoms with Crippen molar-refractivity contribution in [1.29, 1.82) is 0 Å². The van der Waals surface area contributed by atoms with Gasteiger partial charge in [-0.05, 0) is 44.2 Å². The van der Waals surface area contributed by atoms with Crippen LogP contribution in [-0.4, -0.2) is 84.1 Å². The zero-order valence-electron chi connectivity index (χ0n) is 22.0. The first-order valence-corrected chi connectivity index (χ1v) is 12.7. The Morgan fingerprint density at radius 3 is 2.24 bits per heavy atom. The molecule has 0 radical (unpaired) electrons. The van der Waals surface area contributed by atoms with Crippen LogP contribution in [0.25, 0.3) is 0 Å². The predicted molar refractivity (Wildman–Crippen MR) is 141 cm³/mol. The van der Waals surface area contributed by atoms with Crippen molar-refractivity contribution in [2.24, 2.45) is 0 Å². The summed E-state index contributed by atoms with van der Waals surface area (Å²) in [4.78, 5) is 36.8. The fourth-order valence-electron chi connectivity index (χ4n) is 4.66. The van der Waals surface area contributed by atoms with Crippen molar-refractivity contribution in [2.75, 3.05) is 51.0 Å². The number of anilines is 3. The third kappa shape index (κ3) is 7.80. The topological polar surface area (TPSA) is 102 Å². The van der Waals surface area contributed by atoms with Crippen LogP contribution in [0, 0.1) is 0 Å². The number of alkyl halides is 3. The zero-order valence-corrected chi connectivity index (χ0v) is 22.0. The molecule has 1 aliphatic carbocycles. The van der Waals surface area contributed by atoms with Gasteiger partial charge in [-0.15, -0.1) is 0 Å². The Bertz CT molecular complexity index is 1060. The maximum Gasteiger partial charge on any atom is 0.268 e. The normalized spacial score (nSPS) is 19.8. The molecule has 2 heterocycles. The van der Waals surface area contributed by atoms with Crippen molar-refractivity contribution in [3.05, 3.63) is 41.6 Å². The van der Waals surface area contributed by atoms with Crippen LogP contribution in [0.3, 0.4) is 0 Å². The molecule has 0 bridgehead atoms. The number of carbonyl (C=O) groups excluding carboxylic acids is 2. The minimum absolute atomic E-state index is 0.0140. The highest BCUT2D eigenvalue weighted by molar-refractivity contribution is 5.94. The van der Waals surface area contributed by atoms with Gasteiger partial charge in [0.1, 0.15) is 5.82 Å². The smallest absolute Gasteiger partial charge is 0.268 e. The molecule has 9 nitrogen and oxygen atoms in total. The number of likely N-dealkylation sites (N-methyl/N-ethyl adjacent to an activating group) is 1. The maximum atomic E-state index is 13.7. The lowest BCUT2D eigenvalue weighted by atomic mass is 9.90. The Balaban J connectivity index is 0.00000195. The average Bonchev–Trinajstić information content (AvgIpc) is 2.91. The second kappa shape index (κ2) is 13.9. The molecule has 2 aromatic rings. The molecule has 1 aromatic carbocycles. The van der Waals surface area contributed by atoms with E-state index in [1.807, 2.05) is 11.9 Å². The predicted octanol–water partition coefficient (Wildman–Crippen LogP) is 3.99. The minimum atomic E-state index is -2.75. The van der Waals surface area contributed by atoms with Gasteiger partial charge in [0, 0.05) is 62.6 Å². The molecule has 2 amide bonds. The van der Waals surface area contributed by atoms with Crippen LogP contribution < -0.4 is 16.0 Å². The van der Waals surface area contributed by atoms with E-state index in [1.165, 1.54) is 6.92 Å². The Morgan fingerprint density at radius 1 is 1.00 bits per heavy atom. The Kier molecular flexibility index (Phi) is 10.7. The SMILES string of the molecule is CC(=O)NC1CCCCC1Nc1nc(Nc2ccc(C(=O)N3CCN(C)CC3)cc2)ncc1C(F)F.CF. The Morgan fingerprint density at radius 2 is 1.63 bits per heavy atom. The summed E-state index contributed by atoms with van der Waals surface area (Å²) in [6.45, 7) is 4.53. The van der Waals surface area contributed by atoms with E-state index in [1.54, 1.807) is 24.3 Å². The highest BCUT2D eigenvalue weighted by atomic mass is 19.3. The van der Waals surface area contributed by atoms with E-state index in [0.717, 1.165) is 45.0 Å². The molecule has 2 unspecified atom stereocenters. The van der Waals surface area contributed by atoms with Crippen molar-refractivity contribution in [1.82, 2.24) is 25.1 Å². The number of aromatic nitrogens is 2. The monoisotopic (exact) mass is 535 g/mol. The fraction of sp³-hybridized carbons (Fsp3) is 0.538. The van der Waals surface area contributed by atoms with Crippen molar-refractivity contribution in [3.8, 4) is 0 Å². The summed E-state index contributed by atoms with van der Waals surface area (Å²) in [5.74, 6) is 0.0424. The summed E-state index contributed by atoms with van der Waals surface area (Å²) in [6.07, 6.45) is 1.79. The third-order valence-electron chi connectivity index (χ3n) is 6.71. The van der Waals surface area contributed by atoms with Gasteiger partial charge in [0.15, 0.2) is 0 Å². The van der Waals surface area contributed by atoms with E-state index >= 15 is 0 Å². The van der Waals surface area contributed by atoms with Gasteiger partial charge in [0.25, 0.3) is 12.3 Å². The first kappa shape index (κ1) is 29.2. The molecular weight excluding hydrogens is 499 g/mol. The number of carbonyl (C=O) groups is 2. The highest BCUT2D eigenvalue weighted by Gasteiger charge is 2.28. The molecule has 1 aromatic heterocycles. The van der Waals surface area contributed by atoms with Crippen LogP contribution in [0.5, 0.6) is 0 Å². The van der Waals surface area contributed by atoms with Gasteiger partial charge in [0.2, 0.25) is 11.9 Å². The van der Waals surface area contributed by atoms with Crippen LogP contribution in [0.1, 0.15) is 55.0 Å². The van der Waals surface area contributed by atoms with Crippen molar-refractivity contribution < 1.29 is 22.8 Å². The molecule has 38 heavy (non-hydrogen) atoms. The number of piperazine rings is 1. The van der Waals surface area contributed by atoms with Crippen molar-refractivity contribution in [2.45, 2.75) is 51.1 Å². The Labute approximate surface area is 221 Å². The lowest BCUT2D eigenvalue weighted by Gasteiger charge is -2.33. The number of amides is 2. The van der Waals surface area contributed by atoms with Gasteiger partial charge in [0.05, 0.1) is 12.7 Å². The number of nitrogens with zero attached hydrogens (tertiary/aromatic N) is 4. The lowest BCUT2D eigenvalue weighted by Crippen LogP contribution is -2.48. The molecule has 1 saturated heterocycles. The van der Waals surface area contributed by atoms with Crippen LogP contribution >= 0.6 is 0 Å². The molecule has 0 spiro atoms. The minimum Gasteiger partial charge on any atom is -0.365 e. The maximum absolute atomic E-state index is 13.7. The number of nitrogens with one attached hydrogen (secondary N) is 3. The van der Waals surface area contributed by atoms with Gasteiger partial charge in [-0.3, -0.25) is 14.0 Å². The highest BCUT2D eigenvalue weighted by Crippen LogP contribution is 2.29. The summed E-state index contributed by atoms with van der Waals surface area (Å²) in [5, 5.41) is 9.08. The molecule has 2 fully saturated rings. The van der Waals surface area contributed by atoms with E-state index < -0.39 is 6.43 Å². The second-order valence-electron chi connectivity index (χ2n) is 9.44. The molecule has 12 heteroatoms. The molecule has 2 atom stereocenters. The molecule has 1 saturated carbocycles. The summed E-state index contributed by atoms with van der Waals surface area (Å²) in [7, 11) is 2.54. The van der Waals surface area contributed by atoms with Gasteiger partial charge < -0.3 is 25.8 Å². The van der Waals surface area contributed by atoms with E-state index in [4.69, 9.17) is 0 Å². The van der Waals surface area contributed by atoms with E-state index in [-0.39, 0.29) is 41.2 Å². The van der Waals surface area contributed by atoms with Crippen LogP contribution in [0.2, 0.25) is 0 Å². The quantitative estimate of drug-likeness (QED) is 0.493. The third-order valence-corrected chi connectivity index (χ3v) is 6.71. The number of halogens is 3. The van der Waals surface area contributed by atoms with E-state index in [2.05, 4.69) is 30.8 Å². The molecule has 2 aliphatic rings. The molecule has 208 valence electrons. The lowest BCUT2D eigenvalue weighted by molar-refractivity contribution is -0.119. The van der Waals surface area contributed by atoms with Gasteiger partial charge in [-0.1, -0.05) is 12.8 Å². The number of hydrogen-bond donors (Lipinski definition) is 3. The van der Waals surface area contributed by atoms with Crippen LogP contribution in [0.4, 0.5) is 30.6 Å². The molecule has 4 rings (SSSR count).